The first-order valence-electron chi connectivity index (χ1n) is 7.58. The fraction of sp³-hybridized carbons (Fsp3) is 0.278. The number of aryl methyl sites for hydroxylation is 1. The number of halogens is 2. The molecule has 2 rings (SSSR count). The molecular formula is C18H19F2NO3. The zero-order valence-electron chi connectivity index (χ0n) is 13.3. The Bertz CT molecular complexity index is 677. The summed E-state index contributed by atoms with van der Waals surface area (Å²) in [5.41, 5.74) is 1.25. The summed E-state index contributed by atoms with van der Waals surface area (Å²) in [5.74, 6) is 0.444. The molecule has 0 bridgehead atoms. The molecule has 0 spiro atoms. The van der Waals surface area contributed by atoms with Crippen molar-refractivity contribution in [1.82, 2.24) is 0 Å². The number of hydrogen-bond acceptors (Lipinski definition) is 3. The Morgan fingerprint density at radius 3 is 2.46 bits per heavy atom. The topological polar surface area (TPSA) is 47.6 Å². The van der Waals surface area contributed by atoms with Crippen LogP contribution in [0.1, 0.15) is 18.4 Å². The lowest BCUT2D eigenvalue weighted by molar-refractivity contribution is -0.116. The number of ether oxygens (including phenoxy) is 2. The molecular weight excluding hydrogens is 316 g/mol. The number of nitrogens with one attached hydrogen (secondary N) is 1. The van der Waals surface area contributed by atoms with E-state index in [0.717, 1.165) is 11.3 Å². The summed E-state index contributed by atoms with van der Waals surface area (Å²) >= 11 is 0. The molecule has 0 aliphatic carbocycles. The highest BCUT2D eigenvalue weighted by atomic mass is 19.3. The maximum absolute atomic E-state index is 12.3. The molecule has 0 aliphatic rings. The standard InChI is InChI=1S/C18H19F2NO3/c1-13-7-2-4-9-15(13)23-12-6-11-17(22)21-14-8-3-5-10-16(14)24-18(19)20/h2-5,7-10,18H,6,11-12H2,1H3,(H,21,22). The van der Waals surface area contributed by atoms with Crippen LogP contribution in [0.5, 0.6) is 11.5 Å². The van der Waals surface area contributed by atoms with Crippen LogP contribution in [0.4, 0.5) is 14.5 Å². The normalized spacial score (nSPS) is 10.5. The van der Waals surface area contributed by atoms with Gasteiger partial charge in [0, 0.05) is 6.42 Å². The molecule has 0 saturated carbocycles. The number of carbonyl (C=O) groups is 1. The van der Waals surface area contributed by atoms with Gasteiger partial charge < -0.3 is 14.8 Å². The Labute approximate surface area is 139 Å². The molecule has 0 fully saturated rings. The highest BCUT2D eigenvalue weighted by molar-refractivity contribution is 5.92. The van der Waals surface area contributed by atoms with Gasteiger partial charge in [0.25, 0.3) is 0 Å². The first kappa shape index (κ1) is 17.7. The summed E-state index contributed by atoms with van der Waals surface area (Å²) in [4.78, 5) is 11.9. The molecule has 24 heavy (non-hydrogen) atoms. The van der Waals surface area contributed by atoms with Crippen molar-refractivity contribution in [3.63, 3.8) is 0 Å². The minimum atomic E-state index is -2.94. The number of hydrogen-bond donors (Lipinski definition) is 1. The van der Waals surface area contributed by atoms with E-state index < -0.39 is 6.61 Å². The number of carbonyl (C=O) groups excluding carboxylic acids is 1. The minimum absolute atomic E-state index is 0.0583. The molecule has 2 aromatic rings. The molecule has 0 saturated heterocycles. The van der Waals surface area contributed by atoms with Gasteiger partial charge in [-0.2, -0.15) is 8.78 Å². The predicted octanol–water partition coefficient (Wildman–Crippen LogP) is 4.39. The van der Waals surface area contributed by atoms with E-state index in [4.69, 9.17) is 4.74 Å². The monoisotopic (exact) mass is 335 g/mol. The van der Waals surface area contributed by atoms with Crippen molar-refractivity contribution in [1.29, 1.82) is 0 Å². The fourth-order valence-corrected chi connectivity index (χ4v) is 2.11. The zero-order chi connectivity index (χ0) is 17.4. The maximum Gasteiger partial charge on any atom is 0.387 e. The van der Waals surface area contributed by atoms with E-state index in [0.29, 0.717) is 13.0 Å². The molecule has 4 nitrogen and oxygen atoms in total. The van der Waals surface area contributed by atoms with Crippen LogP contribution in [-0.2, 0) is 4.79 Å². The van der Waals surface area contributed by atoms with Gasteiger partial charge >= 0.3 is 6.61 Å². The zero-order valence-corrected chi connectivity index (χ0v) is 13.3. The summed E-state index contributed by atoms with van der Waals surface area (Å²) in [6.45, 7) is -0.597. The summed E-state index contributed by atoms with van der Waals surface area (Å²) in [5, 5.41) is 2.57. The fourth-order valence-electron chi connectivity index (χ4n) is 2.11. The summed E-state index contributed by atoms with van der Waals surface area (Å²) in [6, 6.07) is 13.7. The second-order valence-corrected chi connectivity index (χ2v) is 5.14. The van der Waals surface area contributed by atoms with E-state index in [1.807, 2.05) is 31.2 Å². The molecule has 0 radical (unpaired) electrons. The predicted molar refractivity (Wildman–Crippen MR) is 87.6 cm³/mol. The van der Waals surface area contributed by atoms with E-state index in [2.05, 4.69) is 10.1 Å². The molecule has 6 heteroatoms. The number of rotatable bonds is 8. The summed E-state index contributed by atoms with van der Waals surface area (Å²) < 4.78 is 34.6. The molecule has 1 N–H and O–H groups in total. The highest BCUT2D eigenvalue weighted by Gasteiger charge is 2.11. The largest absolute Gasteiger partial charge is 0.493 e. The molecule has 0 heterocycles. The van der Waals surface area contributed by atoms with E-state index in [-0.39, 0.29) is 23.8 Å². The summed E-state index contributed by atoms with van der Waals surface area (Å²) in [7, 11) is 0. The van der Waals surface area contributed by atoms with Gasteiger partial charge in [-0.1, -0.05) is 30.3 Å². The van der Waals surface area contributed by atoms with Gasteiger partial charge in [-0.05, 0) is 37.1 Å². The van der Waals surface area contributed by atoms with E-state index in [9.17, 15) is 13.6 Å². The molecule has 0 aromatic heterocycles. The first-order valence-corrected chi connectivity index (χ1v) is 7.58. The van der Waals surface area contributed by atoms with Crippen LogP contribution < -0.4 is 14.8 Å². The molecule has 0 unspecified atom stereocenters. The lowest BCUT2D eigenvalue weighted by Gasteiger charge is -2.12. The van der Waals surface area contributed by atoms with Gasteiger partial charge in [0.1, 0.15) is 11.5 Å². The number of para-hydroxylation sites is 3. The maximum atomic E-state index is 12.3. The Morgan fingerprint density at radius 1 is 1.08 bits per heavy atom. The average molecular weight is 335 g/mol. The average Bonchev–Trinajstić information content (AvgIpc) is 2.54. The van der Waals surface area contributed by atoms with Crippen LogP contribution in [0.3, 0.4) is 0 Å². The van der Waals surface area contributed by atoms with E-state index >= 15 is 0 Å². The van der Waals surface area contributed by atoms with Gasteiger partial charge in [0.05, 0.1) is 12.3 Å². The Hall–Kier alpha value is -2.63. The SMILES string of the molecule is Cc1ccccc1OCCCC(=O)Nc1ccccc1OC(F)F. The molecule has 2 aromatic carbocycles. The molecule has 0 atom stereocenters. The van der Waals surface area contributed by atoms with Crippen molar-refractivity contribution in [3.8, 4) is 11.5 Å². The van der Waals surface area contributed by atoms with Crippen molar-refractivity contribution in [3.05, 3.63) is 54.1 Å². The minimum Gasteiger partial charge on any atom is -0.493 e. The van der Waals surface area contributed by atoms with E-state index in [1.54, 1.807) is 12.1 Å². The van der Waals surface area contributed by atoms with Crippen molar-refractivity contribution < 1.29 is 23.0 Å². The number of benzene rings is 2. The quantitative estimate of drug-likeness (QED) is 0.728. The van der Waals surface area contributed by atoms with Crippen LogP contribution in [0.25, 0.3) is 0 Å². The van der Waals surface area contributed by atoms with Gasteiger partial charge in [-0.15, -0.1) is 0 Å². The molecule has 1 amide bonds. The Kier molecular flexibility index (Phi) is 6.54. The van der Waals surface area contributed by atoms with Gasteiger partial charge in [-0.3, -0.25) is 4.79 Å². The number of anilines is 1. The molecule has 0 aliphatic heterocycles. The molecule has 128 valence electrons. The van der Waals surface area contributed by atoms with Gasteiger partial charge in [0.2, 0.25) is 5.91 Å². The summed E-state index contributed by atoms with van der Waals surface area (Å²) in [6.07, 6.45) is 0.729. The second kappa shape index (κ2) is 8.86. The smallest absolute Gasteiger partial charge is 0.387 e. The number of alkyl halides is 2. The van der Waals surface area contributed by atoms with Crippen molar-refractivity contribution in [2.24, 2.45) is 0 Å². The third-order valence-corrected chi connectivity index (χ3v) is 3.28. The van der Waals surface area contributed by atoms with Crippen LogP contribution in [0, 0.1) is 6.92 Å². The Balaban J connectivity index is 1.79. The van der Waals surface area contributed by atoms with Crippen LogP contribution in [-0.4, -0.2) is 19.1 Å². The van der Waals surface area contributed by atoms with Gasteiger partial charge in [0.15, 0.2) is 0 Å². The third kappa shape index (κ3) is 5.53. The van der Waals surface area contributed by atoms with Crippen molar-refractivity contribution in [2.75, 3.05) is 11.9 Å². The second-order valence-electron chi connectivity index (χ2n) is 5.14. The third-order valence-electron chi connectivity index (χ3n) is 3.28. The number of amides is 1. The lowest BCUT2D eigenvalue weighted by Crippen LogP contribution is -2.14. The van der Waals surface area contributed by atoms with Crippen LogP contribution in [0.15, 0.2) is 48.5 Å². The van der Waals surface area contributed by atoms with Crippen molar-refractivity contribution >= 4 is 11.6 Å². The lowest BCUT2D eigenvalue weighted by atomic mass is 10.2. The van der Waals surface area contributed by atoms with E-state index in [1.165, 1.54) is 12.1 Å². The first-order chi connectivity index (χ1) is 11.6. The Morgan fingerprint density at radius 2 is 1.75 bits per heavy atom. The van der Waals surface area contributed by atoms with Crippen LogP contribution in [0.2, 0.25) is 0 Å². The van der Waals surface area contributed by atoms with Crippen molar-refractivity contribution in [2.45, 2.75) is 26.4 Å². The van der Waals surface area contributed by atoms with Gasteiger partial charge in [-0.25, -0.2) is 0 Å². The highest BCUT2D eigenvalue weighted by Crippen LogP contribution is 2.25. The van der Waals surface area contributed by atoms with Crippen LogP contribution >= 0.6 is 0 Å².